The number of benzene rings is 3. The third-order valence-corrected chi connectivity index (χ3v) is 8.65. The second-order valence-electron chi connectivity index (χ2n) is 9.52. The molecule has 0 saturated carbocycles. The Morgan fingerprint density at radius 2 is 1.83 bits per heavy atom. The number of ether oxygens (including phenoxy) is 1. The molecule has 4 aromatic rings. The lowest BCUT2D eigenvalue weighted by molar-refractivity contribution is -0.384. The number of hydrogen-bond donors (Lipinski definition) is 1. The second-order valence-corrected chi connectivity index (χ2v) is 11.7. The molecule has 5 rings (SSSR count). The van der Waals surface area contributed by atoms with Crippen molar-refractivity contribution in [2.75, 3.05) is 11.5 Å². The van der Waals surface area contributed by atoms with E-state index in [-0.39, 0.29) is 22.0 Å². The summed E-state index contributed by atoms with van der Waals surface area (Å²) in [7, 11) is 0. The maximum Gasteiger partial charge on any atom is 0.301 e. The molecule has 3 aromatic carbocycles. The molecule has 0 bridgehead atoms. The summed E-state index contributed by atoms with van der Waals surface area (Å²) < 4.78 is 6.18. The fraction of sp³-hybridized carbons (Fsp3) is 0.200. The number of hydrogen-bond acceptors (Lipinski definition) is 10. The molecule has 0 radical (unpaired) electrons. The lowest BCUT2D eigenvalue weighted by Crippen LogP contribution is -2.29. The number of ketones is 1. The molecule has 1 fully saturated rings. The third kappa shape index (κ3) is 6.04. The van der Waals surface area contributed by atoms with Gasteiger partial charge in [0.25, 0.3) is 11.5 Å². The molecular formula is C30H26N4O6S2. The van der Waals surface area contributed by atoms with Crippen LogP contribution in [0.3, 0.4) is 0 Å². The molecule has 1 aliphatic rings. The van der Waals surface area contributed by atoms with Crippen molar-refractivity contribution < 1.29 is 24.4 Å². The number of non-ortho nitro benzene ring substituents is 1. The first-order valence-electron chi connectivity index (χ1n) is 13.1. The summed E-state index contributed by atoms with van der Waals surface area (Å²) in [6, 6.07) is 19.0. The fourth-order valence-corrected chi connectivity index (χ4v) is 6.25. The Kier molecular flexibility index (Phi) is 8.64. The summed E-state index contributed by atoms with van der Waals surface area (Å²) in [5.41, 5.74) is 2.38. The molecule has 1 unspecified atom stereocenters. The Balaban J connectivity index is 1.53. The summed E-state index contributed by atoms with van der Waals surface area (Å²) >= 11 is 2.56. The summed E-state index contributed by atoms with van der Waals surface area (Å²) in [6.45, 7) is 4.52. The van der Waals surface area contributed by atoms with Gasteiger partial charge in [-0.25, -0.2) is 0 Å². The van der Waals surface area contributed by atoms with Gasteiger partial charge in [-0.15, -0.1) is 10.2 Å². The van der Waals surface area contributed by atoms with Crippen LogP contribution < -0.4 is 9.64 Å². The molecule has 12 heteroatoms. The van der Waals surface area contributed by atoms with Crippen LogP contribution in [0.1, 0.15) is 41.6 Å². The second kappa shape index (κ2) is 12.5. The van der Waals surface area contributed by atoms with Gasteiger partial charge < -0.3 is 9.84 Å². The first-order chi connectivity index (χ1) is 20.3. The van der Waals surface area contributed by atoms with E-state index in [0.717, 1.165) is 33.8 Å². The predicted molar refractivity (Wildman–Crippen MR) is 161 cm³/mol. The highest BCUT2D eigenvalue weighted by Crippen LogP contribution is 2.44. The van der Waals surface area contributed by atoms with Crippen LogP contribution in [0.2, 0.25) is 0 Å². The van der Waals surface area contributed by atoms with Crippen molar-refractivity contribution in [3.8, 4) is 5.75 Å². The number of nitrogens with zero attached hydrogens (tertiary/aromatic N) is 4. The highest BCUT2D eigenvalue weighted by molar-refractivity contribution is 8.00. The summed E-state index contributed by atoms with van der Waals surface area (Å²) in [5.74, 6) is -1.04. The zero-order valence-corrected chi connectivity index (χ0v) is 24.4. The molecular weight excluding hydrogens is 576 g/mol. The number of carbonyl (C=O) groups excluding carboxylic acids is 2. The highest BCUT2D eigenvalue weighted by Gasteiger charge is 2.48. The van der Waals surface area contributed by atoms with Gasteiger partial charge in [0.05, 0.1) is 23.1 Å². The Morgan fingerprint density at radius 1 is 1.10 bits per heavy atom. The average Bonchev–Trinajstić information content (AvgIpc) is 3.57. The van der Waals surface area contributed by atoms with Crippen molar-refractivity contribution in [3.63, 3.8) is 0 Å². The number of aliphatic hydroxyl groups is 1. The van der Waals surface area contributed by atoms with Gasteiger partial charge in [-0.2, -0.15) is 0 Å². The zero-order valence-electron chi connectivity index (χ0n) is 22.7. The van der Waals surface area contributed by atoms with Crippen molar-refractivity contribution >= 4 is 51.4 Å². The molecule has 42 heavy (non-hydrogen) atoms. The number of anilines is 1. The number of thioether (sulfide) groups is 1. The van der Waals surface area contributed by atoms with Crippen LogP contribution in [-0.2, 0) is 15.3 Å². The number of Topliss-reactive ketones (excluding diaryl/α,β-unsaturated/α-hetero) is 1. The molecule has 214 valence electrons. The number of carbonyl (C=O) groups is 2. The number of aromatic nitrogens is 2. The van der Waals surface area contributed by atoms with Crippen LogP contribution in [0.4, 0.5) is 10.8 Å². The van der Waals surface area contributed by atoms with E-state index >= 15 is 0 Å². The van der Waals surface area contributed by atoms with E-state index in [2.05, 4.69) is 10.2 Å². The van der Waals surface area contributed by atoms with E-state index < -0.39 is 28.4 Å². The van der Waals surface area contributed by atoms with Crippen molar-refractivity contribution in [1.82, 2.24) is 10.2 Å². The number of aliphatic hydroxyl groups excluding tert-OH is 1. The Labute approximate surface area is 249 Å². The van der Waals surface area contributed by atoms with Crippen molar-refractivity contribution in [3.05, 3.63) is 111 Å². The quantitative estimate of drug-likeness (QED) is 0.0412. The van der Waals surface area contributed by atoms with Gasteiger partial charge >= 0.3 is 5.91 Å². The fourth-order valence-electron chi connectivity index (χ4n) is 4.43. The molecule has 1 aromatic heterocycles. The van der Waals surface area contributed by atoms with Crippen LogP contribution in [0.15, 0.2) is 82.7 Å². The smallest absolute Gasteiger partial charge is 0.301 e. The van der Waals surface area contributed by atoms with E-state index in [0.29, 0.717) is 28.0 Å². The van der Waals surface area contributed by atoms with Crippen molar-refractivity contribution in [2.45, 2.75) is 36.4 Å². The molecule has 2 heterocycles. The molecule has 1 atom stereocenters. The van der Waals surface area contributed by atoms with Gasteiger partial charge in [-0.1, -0.05) is 72.0 Å². The molecule has 0 aliphatic carbocycles. The molecule has 1 amide bonds. The van der Waals surface area contributed by atoms with E-state index in [1.165, 1.54) is 30.0 Å². The standard InChI is InChI=1S/C30H26N4O6S2/c1-3-15-40-23-13-11-20(12-14-23)26(35)24-25(21-5-4-6-22(16-21)34(38)39)33(28(37)27(24)36)29-31-32-30(42-29)41-17-19-9-7-18(2)8-10-19/h4-14,16,25,35H,3,15,17H2,1-2H3/b26-24-. The maximum absolute atomic E-state index is 13.5. The van der Waals surface area contributed by atoms with Gasteiger partial charge in [-0.3, -0.25) is 24.6 Å². The minimum atomic E-state index is -1.16. The van der Waals surface area contributed by atoms with E-state index in [9.17, 15) is 24.8 Å². The van der Waals surface area contributed by atoms with Crippen LogP contribution in [0.5, 0.6) is 5.75 Å². The Hall–Kier alpha value is -4.55. The number of rotatable bonds is 10. The normalized spacial score (nSPS) is 16.1. The Morgan fingerprint density at radius 3 is 2.52 bits per heavy atom. The Bertz CT molecular complexity index is 1670. The largest absolute Gasteiger partial charge is 0.507 e. The average molecular weight is 603 g/mol. The maximum atomic E-state index is 13.5. The van der Waals surface area contributed by atoms with Crippen molar-refractivity contribution in [2.24, 2.45) is 0 Å². The van der Waals surface area contributed by atoms with E-state index in [1.54, 1.807) is 30.3 Å². The monoisotopic (exact) mass is 602 g/mol. The number of nitro benzene ring substituents is 1. The van der Waals surface area contributed by atoms with Gasteiger partial charge in [0.15, 0.2) is 4.34 Å². The van der Waals surface area contributed by atoms with E-state index in [4.69, 9.17) is 4.74 Å². The number of amides is 1. The highest BCUT2D eigenvalue weighted by atomic mass is 32.2. The van der Waals surface area contributed by atoms with E-state index in [1.807, 2.05) is 38.1 Å². The molecule has 1 saturated heterocycles. The SMILES string of the molecule is CCCOc1ccc(/C(O)=C2/C(=O)C(=O)N(c3nnc(SCc4ccc(C)cc4)s3)C2c2cccc([N+](=O)[O-])c2)cc1. The first kappa shape index (κ1) is 29.0. The van der Waals surface area contributed by atoms with Gasteiger partial charge in [0, 0.05) is 23.4 Å². The lowest BCUT2D eigenvalue weighted by Gasteiger charge is -2.22. The van der Waals surface area contributed by atoms with Gasteiger partial charge in [0.2, 0.25) is 5.13 Å². The number of nitro groups is 1. The van der Waals surface area contributed by atoms with Crippen LogP contribution in [-0.4, -0.2) is 38.5 Å². The molecule has 10 nitrogen and oxygen atoms in total. The predicted octanol–water partition coefficient (Wildman–Crippen LogP) is 6.46. The molecule has 1 aliphatic heterocycles. The number of aryl methyl sites for hydroxylation is 1. The van der Waals surface area contributed by atoms with Gasteiger partial charge in [0.1, 0.15) is 11.5 Å². The topological polar surface area (TPSA) is 136 Å². The van der Waals surface area contributed by atoms with Crippen molar-refractivity contribution in [1.29, 1.82) is 0 Å². The first-order valence-corrected chi connectivity index (χ1v) is 14.9. The summed E-state index contributed by atoms with van der Waals surface area (Å²) in [6.07, 6.45) is 0.826. The third-order valence-electron chi connectivity index (χ3n) is 6.53. The van der Waals surface area contributed by atoms with Crippen LogP contribution in [0.25, 0.3) is 5.76 Å². The minimum absolute atomic E-state index is 0.141. The van der Waals surface area contributed by atoms with Crippen LogP contribution in [0, 0.1) is 17.0 Å². The summed E-state index contributed by atoms with van der Waals surface area (Å²) in [5, 5.41) is 31.5. The van der Waals surface area contributed by atoms with Gasteiger partial charge in [-0.05, 0) is 48.7 Å². The van der Waals surface area contributed by atoms with Crippen LogP contribution >= 0.6 is 23.1 Å². The molecule has 0 spiro atoms. The zero-order chi connectivity index (χ0) is 29.8. The summed E-state index contributed by atoms with van der Waals surface area (Å²) in [4.78, 5) is 39.1. The molecule has 1 N–H and O–H groups in total. The minimum Gasteiger partial charge on any atom is -0.507 e. The lowest BCUT2D eigenvalue weighted by atomic mass is 9.95.